The van der Waals surface area contributed by atoms with Crippen LogP contribution in [-0.2, 0) is 0 Å². The first-order valence-corrected chi connectivity index (χ1v) is 10.6. The molecule has 0 bridgehead atoms. The highest BCUT2D eigenvalue weighted by Gasteiger charge is 2.20. The molecule has 31 heavy (non-hydrogen) atoms. The Hall–Kier alpha value is -3.64. The largest absolute Gasteiger partial charge is 0.355 e. The van der Waals surface area contributed by atoms with Crippen molar-refractivity contribution in [2.24, 2.45) is 0 Å². The fourth-order valence-corrected chi connectivity index (χ4v) is 4.16. The molecule has 6 heteroatoms. The molecule has 1 fully saturated rings. The summed E-state index contributed by atoms with van der Waals surface area (Å²) in [5.41, 5.74) is 6.52. The summed E-state index contributed by atoms with van der Waals surface area (Å²) in [6.07, 6.45) is 0. The number of carbonyl (C=O) groups is 1. The fourth-order valence-electron chi connectivity index (χ4n) is 4.16. The number of nitrogens with one attached hydrogen (secondary N) is 3. The maximum atomic E-state index is 12.7. The molecule has 5 rings (SSSR count). The minimum absolute atomic E-state index is 0.115. The second-order valence-corrected chi connectivity index (χ2v) is 7.70. The number of hydrogen-bond donors (Lipinski definition) is 3. The van der Waals surface area contributed by atoms with Crippen molar-refractivity contribution in [1.29, 1.82) is 0 Å². The van der Waals surface area contributed by atoms with Gasteiger partial charge in [-0.15, -0.1) is 0 Å². The van der Waals surface area contributed by atoms with Crippen LogP contribution in [0.4, 0.5) is 5.95 Å². The van der Waals surface area contributed by atoms with Crippen molar-refractivity contribution in [1.82, 2.24) is 20.6 Å². The van der Waals surface area contributed by atoms with Gasteiger partial charge in [0.25, 0.3) is 5.91 Å². The lowest BCUT2D eigenvalue weighted by Crippen LogP contribution is -2.44. The molecule has 2 heterocycles. The van der Waals surface area contributed by atoms with Crippen molar-refractivity contribution in [3.8, 4) is 22.3 Å². The zero-order valence-electron chi connectivity index (χ0n) is 17.5. The van der Waals surface area contributed by atoms with Gasteiger partial charge in [0.1, 0.15) is 0 Å². The summed E-state index contributed by atoms with van der Waals surface area (Å²) in [7, 11) is 1.66. The summed E-state index contributed by atoms with van der Waals surface area (Å²) in [4.78, 5) is 23.3. The van der Waals surface area contributed by atoms with E-state index in [0.29, 0.717) is 5.56 Å². The van der Waals surface area contributed by atoms with Gasteiger partial charge in [0.2, 0.25) is 5.95 Å². The summed E-state index contributed by atoms with van der Waals surface area (Å²) < 4.78 is 0. The Kier molecular flexibility index (Phi) is 5.14. The minimum Gasteiger partial charge on any atom is -0.355 e. The van der Waals surface area contributed by atoms with E-state index in [1.807, 2.05) is 30.3 Å². The first kappa shape index (κ1) is 19.3. The van der Waals surface area contributed by atoms with Gasteiger partial charge in [-0.3, -0.25) is 4.79 Å². The lowest BCUT2D eigenvalue weighted by atomic mass is 9.95. The third-order valence-electron chi connectivity index (χ3n) is 5.81. The number of carbonyl (C=O) groups excluding carboxylic acids is 1. The number of H-pyrrole nitrogens is 1. The summed E-state index contributed by atoms with van der Waals surface area (Å²) in [6.45, 7) is 3.69. The number of fused-ring (bicyclic) bond motifs is 1. The molecule has 0 radical (unpaired) electrons. The monoisotopic (exact) mass is 411 g/mol. The van der Waals surface area contributed by atoms with Gasteiger partial charge in [-0.05, 0) is 28.8 Å². The number of amides is 1. The van der Waals surface area contributed by atoms with Crippen LogP contribution in [0, 0.1) is 0 Å². The van der Waals surface area contributed by atoms with Gasteiger partial charge >= 0.3 is 0 Å². The first-order valence-electron chi connectivity index (χ1n) is 10.6. The Morgan fingerprint density at radius 3 is 2.29 bits per heavy atom. The number of piperazine rings is 1. The number of nitrogens with zero attached hydrogens (tertiary/aromatic N) is 2. The normalized spacial score (nSPS) is 14.0. The lowest BCUT2D eigenvalue weighted by Gasteiger charge is -2.26. The maximum Gasteiger partial charge on any atom is 0.251 e. The van der Waals surface area contributed by atoms with Gasteiger partial charge in [0.15, 0.2) is 0 Å². The van der Waals surface area contributed by atoms with E-state index in [4.69, 9.17) is 4.98 Å². The van der Waals surface area contributed by atoms with Gasteiger partial charge < -0.3 is 20.5 Å². The summed E-state index contributed by atoms with van der Waals surface area (Å²) in [6, 6.07) is 22.4. The second kappa shape index (κ2) is 8.24. The van der Waals surface area contributed by atoms with E-state index in [0.717, 1.165) is 59.9 Å². The molecule has 6 nitrogen and oxygen atoms in total. The molecule has 0 atom stereocenters. The molecule has 0 saturated carbocycles. The van der Waals surface area contributed by atoms with Crippen molar-refractivity contribution in [2.45, 2.75) is 0 Å². The van der Waals surface area contributed by atoms with Crippen molar-refractivity contribution >= 4 is 22.9 Å². The molecule has 3 N–H and O–H groups in total. The van der Waals surface area contributed by atoms with Crippen LogP contribution in [0.25, 0.3) is 33.3 Å². The van der Waals surface area contributed by atoms with Crippen LogP contribution in [0.3, 0.4) is 0 Å². The molecule has 1 amide bonds. The molecule has 3 aromatic carbocycles. The van der Waals surface area contributed by atoms with E-state index in [-0.39, 0.29) is 5.91 Å². The Bertz CT molecular complexity index is 1210. The third-order valence-corrected chi connectivity index (χ3v) is 5.81. The molecule has 4 aromatic rings. The number of aromatic nitrogens is 2. The molecule has 0 aliphatic carbocycles. The number of hydrogen-bond acceptors (Lipinski definition) is 4. The van der Waals surface area contributed by atoms with E-state index in [1.165, 1.54) is 5.56 Å². The average molecular weight is 412 g/mol. The van der Waals surface area contributed by atoms with Crippen molar-refractivity contribution < 1.29 is 4.79 Å². The molecule has 156 valence electrons. The van der Waals surface area contributed by atoms with Gasteiger partial charge in [-0.1, -0.05) is 54.6 Å². The SMILES string of the molecule is CNC(=O)c1ccc2[nH]c(N3CCNCC3)nc2c1-c1ccc(-c2ccccc2)cc1. The van der Waals surface area contributed by atoms with E-state index in [2.05, 4.69) is 56.9 Å². The lowest BCUT2D eigenvalue weighted by molar-refractivity contribution is 0.0964. The Balaban J connectivity index is 1.62. The molecule has 0 spiro atoms. The fraction of sp³-hybridized carbons (Fsp3) is 0.200. The average Bonchev–Trinajstić information content (AvgIpc) is 3.29. The quantitative estimate of drug-likeness (QED) is 0.479. The van der Waals surface area contributed by atoms with Crippen LogP contribution in [0.15, 0.2) is 66.7 Å². The smallest absolute Gasteiger partial charge is 0.251 e. The number of anilines is 1. The van der Waals surface area contributed by atoms with Gasteiger partial charge in [0.05, 0.1) is 11.0 Å². The standard InChI is InChI=1S/C25H25N5O/c1-26-24(31)20-11-12-21-23(29-25(28-21)30-15-13-27-14-16-30)22(20)19-9-7-18(8-10-19)17-5-3-2-4-6-17/h2-12,27H,13-16H2,1H3,(H,26,31)(H,28,29). The Morgan fingerprint density at radius 1 is 0.903 bits per heavy atom. The van der Waals surface area contributed by atoms with Crippen molar-refractivity contribution in [3.63, 3.8) is 0 Å². The molecule has 1 saturated heterocycles. The predicted octanol–water partition coefficient (Wildman–Crippen LogP) is 3.67. The van der Waals surface area contributed by atoms with Crippen LogP contribution < -0.4 is 15.5 Å². The number of benzene rings is 3. The van der Waals surface area contributed by atoms with Gasteiger partial charge in [0, 0.05) is 44.4 Å². The van der Waals surface area contributed by atoms with Crippen LogP contribution in [0.2, 0.25) is 0 Å². The summed E-state index contributed by atoms with van der Waals surface area (Å²) in [5, 5.41) is 6.14. The highest BCUT2D eigenvalue weighted by atomic mass is 16.1. The molecule has 0 unspecified atom stereocenters. The Labute approximate surface area is 181 Å². The Morgan fingerprint density at radius 2 is 1.58 bits per heavy atom. The van der Waals surface area contributed by atoms with E-state index >= 15 is 0 Å². The molecule has 1 aliphatic rings. The molecule has 1 aliphatic heterocycles. The van der Waals surface area contributed by atoms with Crippen molar-refractivity contribution in [3.05, 3.63) is 72.3 Å². The van der Waals surface area contributed by atoms with Gasteiger partial charge in [-0.25, -0.2) is 4.98 Å². The minimum atomic E-state index is -0.115. The predicted molar refractivity (Wildman–Crippen MR) is 125 cm³/mol. The van der Waals surface area contributed by atoms with Gasteiger partial charge in [-0.2, -0.15) is 0 Å². The van der Waals surface area contributed by atoms with Crippen LogP contribution in [0.1, 0.15) is 10.4 Å². The third kappa shape index (κ3) is 3.66. The van der Waals surface area contributed by atoms with Crippen LogP contribution in [-0.4, -0.2) is 49.1 Å². The summed E-state index contributed by atoms with van der Waals surface area (Å²) >= 11 is 0. The first-order chi connectivity index (χ1) is 15.2. The zero-order chi connectivity index (χ0) is 21.2. The van der Waals surface area contributed by atoms with E-state index < -0.39 is 0 Å². The topological polar surface area (TPSA) is 73.1 Å². The number of imidazole rings is 1. The van der Waals surface area contributed by atoms with E-state index in [1.54, 1.807) is 7.05 Å². The van der Waals surface area contributed by atoms with Crippen molar-refractivity contribution in [2.75, 3.05) is 38.1 Å². The highest BCUT2D eigenvalue weighted by molar-refractivity contribution is 6.08. The highest BCUT2D eigenvalue weighted by Crippen LogP contribution is 2.34. The van der Waals surface area contributed by atoms with Crippen LogP contribution in [0.5, 0.6) is 0 Å². The summed E-state index contributed by atoms with van der Waals surface area (Å²) in [5.74, 6) is 0.739. The molecular formula is C25H25N5O. The molecule has 1 aromatic heterocycles. The molecular weight excluding hydrogens is 386 g/mol. The zero-order valence-corrected chi connectivity index (χ0v) is 17.5. The number of rotatable bonds is 4. The van der Waals surface area contributed by atoms with E-state index in [9.17, 15) is 4.79 Å². The maximum absolute atomic E-state index is 12.7. The second-order valence-electron chi connectivity index (χ2n) is 7.70. The number of aromatic amines is 1. The van der Waals surface area contributed by atoms with Crippen LogP contribution >= 0.6 is 0 Å².